The normalized spacial score (nSPS) is 11.9. The van der Waals surface area contributed by atoms with E-state index in [0.29, 0.717) is 6.42 Å². The highest BCUT2D eigenvalue weighted by Crippen LogP contribution is 2.22. The Kier molecular flexibility index (Phi) is 7.36. The van der Waals surface area contributed by atoms with Gasteiger partial charge in [-0.1, -0.05) is 48.9 Å². The number of thiazole rings is 1. The number of esters is 1. The molecule has 1 N–H and O–H groups in total. The van der Waals surface area contributed by atoms with E-state index in [9.17, 15) is 9.59 Å². The van der Waals surface area contributed by atoms with Crippen molar-refractivity contribution in [3.63, 3.8) is 0 Å². The lowest BCUT2D eigenvalue weighted by molar-refractivity contribution is -0.148. The van der Waals surface area contributed by atoms with Crippen LogP contribution in [0, 0.1) is 6.92 Å². The predicted octanol–water partition coefficient (Wildman–Crippen LogP) is 4.74. The van der Waals surface area contributed by atoms with Crippen LogP contribution in [0.1, 0.15) is 48.4 Å². The van der Waals surface area contributed by atoms with Crippen molar-refractivity contribution in [3.8, 4) is 0 Å². The van der Waals surface area contributed by atoms with Crippen molar-refractivity contribution in [1.82, 2.24) is 10.3 Å². The number of rotatable bonds is 9. The number of hydrogen-bond donors (Lipinski definition) is 1. The van der Waals surface area contributed by atoms with Gasteiger partial charge in [0.05, 0.1) is 21.3 Å². The first-order chi connectivity index (χ1) is 14.0. The van der Waals surface area contributed by atoms with Crippen molar-refractivity contribution in [1.29, 1.82) is 0 Å². The molecule has 5 nitrogen and oxygen atoms in total. The molecule has 0 fully saturated rings. The monoisotopic (exact) mass is 410 g/mol. The van der Waals surface area contributed by atoms with Crippen LogP contribution in [0.4, 0.5) is 0 Å². The highest BCUT2D eigenvalue weighted by molar-refractivity contribution is 7.18. The number of carbonyl (C=O) groups excluding carboxylic acids is 2. The third-order valence-corrected chi connectivity index (χ3v) is 5.79. The lowest BCUT2D eigenvalue weighted by Crippen LogP contribution is -2.32. The van der Waals surface area contributed by atoms with Gasteiger partial charge in [0.2, 0.25) is 0 Å². The molecule has 0 saturated heterocycles. The topological polar surface area (TPSA) is 68.3 Å². The van der Waals surface area contributed by atoms with E-state index in [-0.39, 0.29) is 30.9 Å². The van der Waals surface area contributed by atoms with Crippen LogP contribution in [0.3, 0.4) is 0 Å². The molecule has 0 bridgehead atoms. The minimum Gasteiger partial charge on any atom is -0.456 e. The average molecular weight is 411 g/mol. The fraction of sp³-hybridized carbons (Fsp3) is 0.348. The number of fused-ring (bicyclic) bond motifs is 1. The fourth-order valence-electron chi connectivity index (χ4n) is 3.08. The molecule has 0 aliphatic rings. The van der Waals surface area contributed by atoms with Crippen LogP contribution in [0.2, 0.25) is 0 Å². The summed E-state index contributed by atoms with van der Waals surface area (Å²) in [5.74, 6) is -0.637. The second kappa shape index (κ2) is 10.2. The smallest absolute Gasteiger partial charge is 0.306 e. The van der Waals surface area contributed by atoms with Crippen LogP contribution in [0.15, 0.2) is 48.5 Å². The molecule has 1 heterocycles. The van der Waals surface area contributed by atoms with Gasteiger partial charge in [0.25, 0.3) is 5.91 Å². The molecule has 29 heavy (non-hydrogen) atoms. The SMILES string of the molecule is CC[C@@H](NC(=O)COC(=O)CCCc1nc2ccccc2s1)c1ccc(C)cc1. The predicted molar refractivity (Wildman–Crippen MR) is 116 cm³/mol. The molecule has 2 aromatic carbocycles. The third-order valence-electron chi connectivity index (χ3n) is 4.70. The number of nitrogens with one attached hydrogen (secondary N) is 1. The Morgan fingerprint density at radius 1 is 1.14 bits per heavy atom. The molecular formula is C23H26N2O3S. The first-order valence-electron chi connectivity index (χ1n) is 9.91. The second-order valence-corrected chi connectivity index (χ2v) is 8.14. The molecule has 3 aromatic rings. The van der Waals surface area contributed by atoms with Gasteiger partial charge >= 0.3 is 5.97 Å². The van der Waals surface area contributed by atoms with Crippen LogP contribution in [0.5, 0.6) is 0 Å². The minimum atomic E-state index is -0.357. The molecule has 1 atom stereocenters. The molecule has 1 aromatic heterocycles. The zero-order valence-corrected chi connectivity index (χ0v) is 17.6. The van der Waals surface area contributed by atoms with E-state index in [1.54, 1.807) is 11.3 Å². The van der Waals surface area contributed by atoms with Crippen molar-refractivity contribution >= 4 is 33.4 Å². The molecule has 0 saturated carbocycles. The minimum absolute atomic E-state index is 0.0826. The van der Waals surface area contributed by atoms with E-state index in [1.807, 2.05) is 62.4 Å². The largest absolute Gasteiger partial charge is 0.456 e. The number of aryl methyl sites for hydroxylation is 2. The van der Waals surface area contributed by atoms with Gasteiger partial charge in [0.1, 0.15) is 0 Å². The number of carbonyl (C=O) groups is 2. The maximum absolute atomic E-state index is 12.2. The molecule has 0 spiro atoms. The standard InChI is InChI=1S/C23H26N2O3S/c1-3-18(17-13-11-16(2)12-14-17)24-21(26)15-28-23(27)10-6-9-22-25-19-7-4-5-8-20(19)29-22/h4-5,7-8,11-14,18H,3,6,9-10,15H2,1-2H3,(H,24,26)/t18-/m1/s1. The zero-order chi connectivity index (χ0) is 20.6. The highest BCUT2D eigenvalue weighted by atomic mass is 32.1. The summed E-state index contributed by atoms with van der Waals surface area (Å²) in [5.41, 5.74) is 3.22. The van der Waals surface area contributed by atoms with Crippen LogP contribution >= 0.6 is 11.3 Å². The number of nitrogens with zero attached hydrogens (tertiary/aromatic N) is 1. The Balaban J connectivity index is 1.39. The van der Waals surface area contributed by atoms with Crippen molar-refractivity contribution in [2.75, 3.05) is 6.61 Å². The molecule has 0 aliphatic carbocycles. The van der Waals surface area contributed by atoms with Gasteiger partial charge in [-0.25, -0.2) is 4.98 Å². The van der Waals surface area contributed by atoms with Gasteiger partial charge in [-0.15, -0.1) is 11.3 Å². The van der Waals surface area contributed by atoms with Gasteiger partial charge in [0.15, 0.2) is 6.61 Å². The molecule has 0 unspecified atom stereocenters. The maximum Gasteiger partial charge on any atom is 0.306 e. The van der Waals surface area contributed by atoms with Gasteiger partial charge in [-0.3, -0.25) is 9.59 Å². The Labute approximate surface area is 175 Å². The maximum atomic E-state index is 12.2. The summed E-state index contributed by atoms with van der Waals surface area (Å²) in [6.07, 6.45) is 2.43. The number of hydrogen-bond acceptors (Lipinski definition) is 5. The zero-order valence-electron chi connectivity index (χ0n) is 16.8. The summed E-state index contributed by atoms with van der Waals surface area (Å²) in [7, 11) is 0. The first kappa shape index (κ1) is 21.0. The number of amides is 1. The van der Waals surface area contributed by atoms with E-state index >= 15 is 0 Å². The van der Waals surface area contributed by atoms with Crippen LogP contribution < -0.4 is 5.32 Å². The summed E-state index contributed by atoms with van der Waals surface area (Å²) in [6, 6.07) is 16.0. The summed E-state index contributed by atoms with van der Waals surface area (Å²) in [4.78, 5) is 28.7. The van der Waals surface area contributed by atoms with Crippen LogP contribution in [0.25, 0.3) is 10.2 Å². The second-order valence-electron chi connectivity index (χ2n) is 7.03. The van der Waals surface area contributed by atoms with E-state index < -0.39 is 0 Å². The summed E-state index contributed by atoms with van der Waals surface area (Å²) in [5, 5.41) is 3.94. The van der Waals surface area contributed by atoms with Gasteiger partial charge in [-0.05, 0) is 43.9 Å². The van der Waals surface area contributed by atoms with Gasteiger partial charge in [-0.2, -0.15) is 0 Å². The lowest BCUT2D eigenvalue weighted by atomic mass is 10.0. The van der Waals surface area contributed by atoms with Gasteiger partial charge in [0, 0.05) is 6.42 Å². The Morgan fingerprint density at radius 3 is 2.62 bits per heavy atom. The fourth-order valence-corrected chi connectivity index (χ4v) is 4.09. The average Bonchev–Trinajstić information content (AvgIpc) is 3.14. The number of aromatic nitrogens is 1. The van der Waals surface area contributed by atoms with E-state index in [4.69, 9.17) is 4.74 Å². The first-order valence-corrected chi connectivity index (χ1v) is 10.7. The summed E-state index contributed by atoms with van der Waals surface area (Å²) < 4.78 is 6.29. The van der Waals surface area contributed by atoms with Crippen molar-refractivity contribution in [2.45, 2.75) is 45.6 Å². The highest BCUT2D eigenvalue weighted by Gasteiger charge is 2.14. The van der Waals surface area contributed by atoms with Crippen molar-refractivity contribution < 1.29 is 14.3 Å². The number of ether oxygens (including phenoxy) is 1. The van der Waals surface area contributed by atoms with Crippen molar-refractivity contribution in [2.24, 2.45) is 0 Å². The lowest BCUT2D eigenvalue weighted by Gasteiger charge is -2.17. The Morgan fingerprint density at radius 2 is 1.90 bits per heavy atom. The van der Waals surface area contributed by atoms with E-state index in [0.717, 1.165) is 33.6 Å². The summed E-state index contributed by atoms with van der Waals surface area (Å²) in [6.45, 7) is 3.79. The molecule has 152 valence electrons. The molecule has 6 heteroatoms. The molecule has 1 amide bonds. The Hall–Kier alpha value is -2.73. The summed E-state index contributed by atoms with van der Waals surface area (Å²) >= 11 is 1.65. The van der Waals surface area contributed by atoms with Gasteiger partial charge < -0.3 is 10.1 Å². The molecular weight excluding hydrogens is 384 g/mol. The van der Waals surface area contributed by atoms with Crippen molar-refractivity contribution in [3.05, 3.63) is 64.7 Å². The number of benzene rings is 2. The number of para-hydroxylation sites is 1. The Bertz CT molecular complexity index is 933. The van der Waals surface area contributed by atoms with Crippen LogP contribution in [-0.2, 0) is 20.7 Å². The third kappa shape index (κ3) is 6.12. The molecule has 0 aliphatic heterocycles. The molecule has 3 rings (SSSR count). The molecule has 0 radical (unpaired) electrons. The van der Waals surface area contributed by atoms with E-state index in [2.05, 4.69) is 10.3 Å². The quantitative estimate of drug-likeness (QED) is 0.518. The van der Waals surface area contributed by atoms with Crippen LogP contribution in [-0.4, -0.2) is 23.5 Å². The van der Waals surface area contributed by atoms with E-state index in [1.165, 1.54) is 5.56 Å².